The Kier molecular flexibility index (Phi) is 8.76. The van der Waals surface area contributed by atoms with E-state index in [-0.39, 0.29) is 30.8 Å². The van der Waals surface area contributed by atoms with E-state index >= 15 is 0 Å². The maximum atomic E-state index is 13.5. The Bertz CT molecular complexity index is 1230. The van der Waals surface area contributed by atoms with Crippen LogP contribution in [-0.4, -0.2) is 59.1 Å². The lowest BCUT2D eigenvalue weighted by molar-refractivity contribution is -0.151. The number of amides is 1. The molecule has 0 radical (unpaired) electrons. The fraction of sp³-hybridized carbons (Fsp3) is 0.448. The van der Waals surface area contributed by atoms with Crippen LogP contribution in [0.5, 0.6) is 0 Å². The number of ether oxygens (including phenoxy) is 2. The lowest BCUT2D eigenvalue weighted by atomic mass is 9.90. The summed E-state index contributed by atoms with van der Waals surface area (Å²) in [4.78, 5) is 47.6. The fourth-order valence-corrected chi connectivity index (χ4v) is 6.08. The summed E-state index contributed by atoms with van der Waals surface area (Å²) in [6.07, 6.45) is 3.15. The van der Waals surface area contributed by atoms with E-state index in [4.69, 9.17) is 14.5 Å². The van der Waals surface area contributed by atoms with E-state index in [9.17, 15) is 14.4 Å². The van der Waals surface area contributed by atoms with Gasteiger partial charge in [-0.05, 0) is 57.1 Å². The monoisotopic (exact) mass is 537 g/mol. The summed E-state index contributed by atoms with van der Waals surface area (Å²) >= 11 is 1.45. The highest BCUT2D eigenvalue weighted by Crippen LogP contribution is 2.46. The Morgan fingerprint density at radius 3 is 2.74 bits per heavy atom. The number of thioether (sulfide) groups is 1. The molecule has 3 aliphatic heterocycles. The first-order valence-corrected chi connectivity index (χ1v) is 13.9. The van der Waals surface area contributed by atoms with Gasteiger partial charge in [0.25, 0.3) is 0 Å². The molecule has 1 amide bonds. The molecule has 1 saturated heterocycles. The molecular weight excluding hydrogens is 502 g/mol. The summed E-state index contributed by atoms with van der Waals surface area (Å²) < 4.78 is 10.7. The number of nitrogens with zero attached hydrogens (tertiary/aromatic N) is 3. The molecule has 4 rings (SSSR count). The van der Waals surface area contributed by atoms with E-state index in [0.29, 0.717) is 31.0 Å². The number of piperidine rings is 1. The zero-order valence-corrected chi connectivity index (χ0v) is 23.3. The highest BCUT2D eigenvalue weighted by atomic mass is 32.2. The van der Waals surface area contributed by atoms with Crippen molar-refractivity contribution < 1.29 is 23.9 Å². The summed E-state index contributed by atoms with van der Waals surface area (Å²) in [7, 11) is 0. The molecule has 0 unspecified atom stereocenters. The minimum absolute atomic E-state index is 0.0612. The van der Waals surface area contributed by atoms with Gasteiger partial charge in [-0.3, -0.25) is 9.59 Å². The number of hydrogen-bond acceptors (Lipinski definition) is 8. The predicted octanol–water partition coefficient (Wildman–Crippen LogP) is 4.80. The maximum absolute atomic E-state index is 13.5. The van der Waals surface area contributed by atoms with Gasteiger partial charge < -0.3 is 19.3 Å². The van der Waals surface area contributed by atoms with Gasteiger partial charge in [-0.15, -0.1) is 0 Å². The second kappa shape index (κ2) is 12.0. The van der Waals surface area contributed by atoms with Crippen LogP contribution in [0.1, 0.15) is 55.8 Å². The normalized spacial score (nSPS) is 20.9. The first-order valence-electron chi connectivity index (χ1n) is 13.0. The highest BCUT2D eigenvalue weighted by molar-refractivity contribution is 8.16. The molecule has 1 aromatic carbocycles. The molecule has 0 N–H and O–H groups in total. The number of carbonyl (C=O) groups is 3. The maximum Gasteiger partial charge on any atom is 0.338 e. The van der Waals surface area contributed by atoms with Crippen LogP contribution in [0.3, 0.4) is 0 Å². The van der Waals surface area contributed by atoms with E-state index in [1.807, 2.05) is 43.2 Å². The largest absolute Gasteiger partial charge is 0.466 e. The third-order valence-corrected chi connectivity index (χ3v) is 7.90. The van der Waals surface area contributed by atoms with Crippen molar-refractivity contribution in [2.24, 2.45) is 10.9 Å². The number of benzene rings is 1. The summed E-state index contributed by atoms with van der Waals surface area (Å²) in [6, 6.07) is 5.67. The Hall–Kier alpha value is -3.33. The highest BCUT2D eigenvalue weighted by Gasteiger charge is 2.42. The van der Waals surface area contributed by atoms with E-state index < -0.39 is 12.0 Å². The van der Waals surface area contributed by atoms with Gasteiger partial charge >= 0.3 is 11.9 Å². The van der Waals surface area contributed by atoms with Gasteiger partial charge in [0, 0.05) is 18.8 Å². The van der Waals surface area contributed by atoms with Gasteiger partial charge in [0.05, 0.1) is 36.3 Å². The fourth-order valence-electron chi connectivity index (χ4n) is 5.11. The van der Waals surface area contributed by atoms with Crippen LogP contribution in [-0.2, 0) is 23.9 Å². The van der Waals surface area contributed by atoms with Gasteiger partial charge in [0.1, 0.15) is 6.61 Å². The molecule has 0 spiro atoms. The van der Waals surface area contributed by atoms with E-state index in [1.54, 1.807) is 11.8 Å². The summed E-state index contributed by atoms with van der Waals surface area (Å²) in [5.74, 6) is -1.06. The molecule has 1 fully saturated rings. The first kappa shape index (κ1) is 27.7. The Labute approximate surface area is 228 Å². The first-order chi connectivity index (χ1) is 18.2. The number of allylic oxidation sites excluding steroid dienone is 1. The number of esters is 2. The van der Waals surface area contributed by atoms with Crippen molar-refractivity contribution in [3.8, 4) is 0 Å². The SMILES string of the molecule is C=CCOC(=O)C1=C(C)N=C2SC=C(CC(=O)N3CCC[C@@H](C(=O)OCC)C3)N2[C@H]1c1cc(C)ccc1C. The number of fused-ring (bicyclic) bond motifs is 1. The van der Waals surface area contributed by atoms with Gasteiger partial charge in [-0.1, -0.05) is 48.2 Å². The van der Waals surface area contributed by atoms with Crippen molar-refractivity contribution in [2.75, 3.05) is 26.3 Å². The predicted molar refractivity (Wildman–Crippen MR) is 148 cm³/mol. The lowest BCUT2D eigenvalue weighted by Crippen LogP contribution is -2.44. The second-order valence-electron chi connectivity index (χ2n) is 9.75. The van der Waals surface area contributed by atoms with Gasteiger partial charge in [-0.2, -0.15) is 0 Å². The zero-order chi connectivity index (χ0) is 27.4. The van der Waals surface area contributed by atoms with Crippen LogP contribution in [0.4, 0.5) is 0 Å². The topological polar surface area (TPSA) is 88.5 Å². The molecule has 2 atom stereocenters. The third kappa shape index (κ3) is 5.72. The number of rotatable bonds is 8. The second-order valence-corrected chi connectivity index (χ2v) is 10.6. The minimum atomic E-state index is -0.484. The van der Waals surface area contributed by atoms with Crippen LogP contribution in [0.2, 0.25) is 0 Å². The zero-order valence-electron chi connectivity index (χ0n) is 22.5. The van der Waals surface area contributed by atoms with Gasteiger partial charge in [0.15, 0.2) is 5.17 Å². The molecule has 3 aliphatic rings. The van der Waals surface area contributed by atoms with Crippen LogP contribution >= 0.6 is 11.8 Å². The molecule has 0 aliphatic carbocycles. The Morgan fingerprint density at radius 2 is 2.00 bits per heavy atom. The summed E-state index contributed by atoms with van der Waals surface area (Å²) in [5.41, 5.74) is 4.87. The molecule has 38 heavy (non-hydrogen) atoms. The summed E-state index contributed by atoms with van der Waals surface area (Å²) in [5, 5.41) is 2.66. The van der Waals surface area contributed by atoms with E-state index in [1.165, 1.54) is 17.8 Å². The quantitative estimate of drug-likeness (QED) is 0.348. The van der Waals surface area contributed by atoms with Crippen molar-refractivity contribution in [1.29, 1.82) is 0 Å². The molecule has 0 bridgehead atoms. The number of carbonyl (C=O) groups excluding carboxylic acids is 3. The average Bonchev–Trinajstić information content (AvgIpc) is 3.29. The van der Waals surface area contributed by atoms with Crippen LogP contribution in [0.25, 0.3) is 0 Å². The standard InChI is InChI=1S/C29H35N3O5S/c1-6-13-37-28(35)25-20(5)30-29-32(26(25)23-14-18(3)10-11-19(23)4)22(17-38-29)15-24(33)31-12-8-9-21(16-31)27(34)36-7-2/h6,10-11,14,17,21,26H,1,7-9,12-13,15-16H2,2-5H3/t21-,26+/m1/s1. The number of aryl methyl sites for hydroxylation is 2. The van der Waals surface area contributed by atoms with Crippen molar-refractivity contribution in [1.82, 2.24) is 9.80 Å². The van der Waals surface area contributed by atoms with E-state index in [0.717, 1.165) is 40.4 Å². The van der Waals surface area contributed by atoms with E-state index in [2.05, 4.69) is 12.6 Å². The molecule has 0 saturated carbocycles. The Morgan fingerprint density at radius 1 is 1.21 bits per heavy atom. The van der Waals surface area contributed by atoms with Crippen LogP contribution in [0, 0.1) is 19.8 Å². The van der Waals surface area contributed by atoms with Crippen molar-refractivity contribution in [2.45, 2.75) is 53.0 Å². The number of hydrogen-bond donors (Lipinski definition) is 0. The summed E-state index contributed by atoms with van der Waals surface area (Å²) in [6.45, 7) is 12.7. The number of likely N-dealkylation sites (tertiary alicyclic amines) is 1. The molecule has 9 heteroatoms. The van der Waals surface area contributed by atoms with Gasteiger partial charge in [-0.25, -0.2) is 9.79 Å². The van der Waals surface area contributed by atoms with Crippen molar-refractivity contribution in [3.63, 3.8) is 0 Å². The average molecular weight is 538 g/mol. The van der Waals surface area contributed by atoms with Gasteiger partial charge in [0.2, 0.25) is 5.91 Å². The van der Waals surface area contributed by atoms with Crippen molar-refractivity contribution in [3.05, 3.63) is 69.9 Å². The molecule has 0 aromatic heterocycles. The Balaban J connectivity index is 1.64. The number of aliphatic imine (C=N–C) groups is 1. The molecule has 202 valence electrons. The van der Waals surface area contributed by atoms with Crippen LogP contribution < -0.4 is 0 Å². The number of amidine groups is 1. The molecular formula is C29H35N3O5S. The van der Waals surface area contributed by atoms with Crippen molar-refractivity contribution >= 4 is 34.8 Å². The molecule has 1 aromatic rings. The minimum Gasteiger partial charge on any atom is -0.466 e. The molecule has 3 heterocycles. The molecule has 8 nitrogen and oxygen atoms in total. The van der Waals surface area contributed by atoms with Crippen LogP contribution in [0.15, 0.2) is 58.2 Å². The smallest absolute Gasteiger partial charge is 0.338 e. The lowest BCUT2D eigenvalue weighted by Gasteiger charge is -2.38. The third-order valence-electron chi connectivity index (χ3n) is 7.01.